The molecule has 5 nitrogen and oxygen atoms in total. The van der Waals surface area contributed by atoms with Crippen molar-refractivity contribution in [1.29, 1.82) is 0 Å². The van der Waals surface area contributed by atoms with Crippen LogP contribution in [0.25, 0.3) is 0 Å². The molecule has 1 amide bonds. The number of rotatable bonds is 3. The minimum atomic E-state index is 0.194. The number of hydrogen-bond donors (Lipinski definition) is 1. The molecule has 0 bridgehead atoms. The Morgan fingerprint density at radius 1 is 1.25 bits per heavy atom. The van der Waals surface area contributed by atoms with Gasteiger partial charge in [-0.05, 0) is 25.3 Å². The van der Waals surface area contributed by atoms with E-state index in [2.05, 4.69) is 21.3 Å². The Balaban J connectivity index is 1.89. The number of piperidine rings is 1. The predicted octanol–water partition coefficient (Wildman–Crippen LogP) is 1.17. The molecule has 2 aliphatic rings. The maximum absolute atomic E-state index is 11.3. The molecule has 108 valence electrons. The average molecular weight is 274 g/mol. The van der Waals surface area contributed by atoms with Crippen LogP contribution in [-0.2, 0) is 4.79 Å². The molecule has 0 saturated carbocycles. The van der Waals surface area contributed by atoms with E-state index >= 15 is 0 Å². The lowest BCUT2D eigenvalue weighted by Crippen LogP contribution is -2.44. The van der Waals surface area contributed by atoms with Crippen LogP contribution in [0.5, 0.6) is 0 Å². The Bertz CT molecular complexity index is 459. The molecule has 1 aromatic heterocycles. The first-order valence-corrected chi connectivity index (χ1v) is 7.52. The fourth-order valence-corrected chi connectivity index (χ4v) is 3.22. The van der Waals surface area contributed by atoms with Gasteiger partial charge in [-0.15, -0.1) is 0 Å². The fraction of sp³-hybridized carbons (Fsp3) is 0.600. The highest BCUT2D eigenvalue weighted by Gasteiger charge is 2.27. The van der Waals surface area contributed by atoms with Crippen molar-refractivity contribution in [3.8, 4) is 0 Å². The van der Waals surface area contributed by atoms with Gasteiger partial charge in [0.05, 0.1) is 6.04 Å². The van der Waals surface area contributed by atoms with Gasteiger partial charge in [0, 0.05) is 44.5 Å². The van der Waals surface area contributed by atoms with E-state index < -0.39 is 0 Å². The first-order chi connectivity index (χ1) is 9.90. The van der Waals surface area contributed by atoms with E-state index in [0.717, 1.165) is 57.8 Å². The molecule has 5 heteroatoms. The number of anilines is 1. The Labute approximate surface area is 120 Å². The van der Waals surface area contributed by atoms with Crippen LogP contribution < -0.4 is 10.2 Å². The van der Waals surface area contributed by atoms with Gasteiger partial charge in [0.15, 0.2) is 0 Å². The Hall–Kier alpha value is -1.62. The summed E-state index contributed by atoms with van der Waals surface area (Å²) in [6.07, 6.45) is 6.19. The molecule has 2 aliphatic heterocycles. The predicted molar refractivity (Wildman–Crippen MR) is 78.7 cm³/mol. The zero-order valence-electron chi connectivity index (χ0n) is 11.8. The molecule has 1 aromatic rings. The number of amides is 1. The van der Waals surface area contributed by atoms with E-state index in [-0.39, 0.29) is 6.04 Å². The molecule has 0 spiro atoms. The van der Waals surface area contributed by atoms with Crippen molar-refractivity contribution in [1.82, 2.24) is 15.2 Å². The molecule has 0 radical (unpaired) electrons. The van der Waals surface area contributed by atoms with E-state index in [1.165, 1.54) is 12.0 Å². The van der Waals surface area contributed by atoms with Gasteiger partial charge in [0.1, 0.15) is 5.82 Å². The van der Waals surface area contributed by atoms with E-state index in [1.54, 1.807) is 0 Å². The molecule has 1 N–H and O–H groups in total. The number of nitrogens with one attached hydrogen (secondary N) is 1. The number of hydrogen-bond acceptors (Lipinski definition) is 4. The maximum Gasteiger partial charge on any atom is 0.210 e. The Kier molecular flexibility index (Phi) is 4.16. The van der Waals surface area contributed by atoms with E-state index in [1.807, 2.05) is 17.2 Å². The number of likely N-dealkylation sites (tertiary alicyclic amines) is 1. The lowest BCUT2D eigenvalue weighted by molar-refractivity contribution is -0.121. The van der Waals surface area contributed by atoms with Gasteiger partial charge in [-0.1, -0.05) is 6.07 Å². The molecule has 0 aliphatic carbocycles. The number of carbonyl (C=O) groups excluding carboxylic acids is 1. The zero-order chi connectivity index (χ0) is 13.8. The highest BCUT2D eigenvalue weighted by Crippen LogP contribution is 2.34. The second-order valence-electron chi connectivity index (χ2n) is 5.51. The summed E-state index contributed by atoms with van der Waals surface area (Å²) in [5, 5.41) is 3.37. The van der Waals surface area contributed by atoms with Crippen molar-refractivity contribution in [3.63, 3.8) is 0 Å². The Morgan fingerprint density at radius 3 is 2.90 bits per heavy atom. The van der Waals surface area contributed by atoms with Crippen LogP contribution in [0, 0.1) is 0 Å². The summed E-state index contributed by atoms with van der Waals surface area (Å²) in [5.41, 5.74) is 1.21. The first kappa shape index (κ1) is 13.4. The third kappa shape index (κ3) is 2.63. The maximum atomic E-state index is 11.3. The molecular formula is C15H22N4O. The van der Waals surface area contributed by atoms with Crippen LogP contribution in [0.15, 0.2) is 18.3 Å². The van der Waals surface area contributed by atoms with Crippen LogP contribution in [-0.4, -0.2) is 49.0 Å². The third-order valence-corrected chi connectivity index (χ3v) is 4.27. The van der Waals surface area contributed by atoms with Gasteiger partial charge >= 0.3 is 0 Å². The number of pyridine rings is 1. The monoisotopic (exact) mass is 274 g/mol. The summed E-state index contributed by atoms with van der Waals surface area (Å²) in [4.78, 5) is 20.2. The van der Waals surface area contributed by atoms with Gasteiger partial charge in [-0.3, -0.25) is 4.79 Å². The normalized spacial score (nSPS) is 23.7. The van der Waals surface area contributed by atoms with Gasteiger partial charge < -0.3 is 15.1 Å². The van der Waals surface area contributed by atoms with Crippen molar-refractivity contribution in [2.45, 2.75) is 25.3 Å². The summed E-state index contributed by atoms with van der Waals surface area (Å²) in [6, 6.07) is 4.31. The van der Waals surface area contributed by atoms with Crippen molar-refractivity contribution >= 4 is 12.2 Å². The lowest BCUT2D eigenvalue weighted by Gasteiger charge is -2.36. The van der Waals surface area contributed by atoms with Crippen molar-refractivity contribution in [3.05, 3.63) is 23.9 Å². The number of piperazine rings is 1. The van der Waals surface area contributed by atoms with E-state index in [4.69, 9.17) is 0 Å². The van der Waals surface area contributed by atoms with Crippen LogP contribution in [0.4, 0.5) is 5.82 Å². The standard InChI is InChI=1S/C15H22N4O/c20-12-19-9-2-1-5-14(19)13-4-3-6-17-15(13)18-10-7-16-8-11-18/h3-4,6,12,14,16H,1-2,5,7-11H2/t14-/m0/s1. The molecular weight excluding hydrogens is 252 g/mol. The lowest BCUT2D eigenvalue weighted by atomic mass is 9.96. The second-order valence-corrected chi connectivity index (χ2v) is 5.51. The molecule has 2 fully saturated rings. The molecule has 0 unspecified atom stereocenters. The summed E-state index contributed by atoms with van der Waals surface area (Å²) < 4.78 is 0. The second kappa shape index (κ2) is 6.22. The molecule has 3 rings (SSSR count). The van der Waals surface area contributed by atoms with Crippen LogP contribution in [0.1, 0.15) is 30.9 Å². The topological polar surface area (TPSA) is 48.5 Å². The Morgan fingerprint density at radius 2 is 2.10 bits per heavy atom. The van der Waals surface area contributed by atoms with Gasteiger partial charge in [-0.25, -0.2) is 4.98 Å². The van der Waals surface area contributed by atoms with Crippen LogP contribution in [0.3, 0.4) is 0 Å². The minimum Gasteiger partial charge on any atom is -0.354 e. The molecule has 20 heavy (non-hydrogen) atoms. The third-order valence-electron chi connectivity index (χ3n) is 4.27. The van der Waals surface area contributed by atoms with Gasteiger partial charge in [0.25, 0.3) is 0 Å². The minimum absolute atomic E-state index is 0.194. The largest absolute Gasteiger partial charge is 0.354 e. The highest BCUT2D eigenvalue weighted by atomic mass is 16.1. The average Bonchev–Trinajstić information content (AvgIpc) is 2.55. The first-order valence-electron chi connectivity index (χ1n) is 7.52. The quantitative estimate of drug-likeness (QED) is 0.841. The molecule has 1 atom stereocenters. The summed E-state index contributed by atoms with van der Waals surface area (Å²) in [5.74, 6) is 1.06. The van der Waals surface area contributed by atoms with Crippen LogP contribution in [0.2, 0.25) is 0 Å². The summed E-state index contributed by atoms with van der Waals surface area (Å²) >= 11 is 0. The SMILES string of the molecule is O=CN1CCCC[C@H]1c1cccnc1N1CCNCC1. The zero-order valence-corrected chi connectivity index (χ0v) is 11.8. The highest BCUT2D eigenvalue weighted by molar-refractivity contribution is 5.54. The van der Waals surface area contributed by atoms with Gasteiger partial charge in [-0.2, -0.15) is 0 Å². The fourth-order valence-electron chi connectivity index (χ4n) is 3.22. The molecule has 3 heterocycles. The van der Waals surface area contributed by atoms with E-state index in [0.29, 0.717) is 0 Å². The summed E-state index contributed by atoms with van der Waals surface area (Å²) in [7, 11) is 0. The van der Waals surface area contributed by atoms with Gasteiger partial charge in [0.2, 0.25) is 6.41 Å². The molecule has 2 saturated heterocycles. The number of carbonyl (C=O) groups is 1. The number of aromatic nitrogens is 1. The van der Waals surface area contributed by atoms with Crippen LogP contribution >= 0.6 is 0 Å². The van der Waals surface area contributed by atoms with Crippen molar-refractivity contribution in [2.75, 3.05) is 37.6 Å². The summed E-state index contributed by atoms with van der Waals surface area (Å²) in [6.45, 7) is 4.83. The number of nitrogens with zero attached hydrogens (tertiary/aromatic N) is 3. The molecule has 0 aromatic carbocycles. The van der Waals surface area contributed by atoms with Crippen molar-refractivity contribution < 1.29 is 4.79 Å². The van der Waals surface area contributed by atoms with E-state index in [9.17, 15) is 4.79 Å². The smallest absolute Gasteiger partial charge is 0.210 e. The van der Waals surface area contributed by atoms with Crippen molar-refractivity contribution in [2.24, 2.45) is 0 Å².